The number of ether oxygens (including phenoxy) is 1. The van der Waals surface area contributed by atoms with Gasteiger partial charge in [-0.1, -0.05) is 26.7 Å². The number of hydrogen-bond acceptors (Lipinski definition) is 2. The van der Waals surface area contributed by atoms with E-state index in [0.29, 0.717) is 12.5 Å². The first-order valence-corrected chi connectivity index (χ1v) is 4.94. The highest BCUT2D eigenvalue weighted by atomic mass is 16.5. The largest absolute Gasteiger partial charge is 0.465 e. The van der Waals surface area contributed by atoms with Gasteiger partial charge in [-0.3, -0.25) is 4.79 Å². The molecule has 0 amide bonds. The van der Waals surface area contributed by atoms with Crippen LogP contribution in [0.15, 0.2) is 0 Å². The second kappa shape index (κ2) is 4.48. The van der Waals surface area contributed by atoms with Gasteiger partial charge in [0, 0.05) is 0 Å². The highest BCUT2D eigenvalue weighted by molar-refractivity contribution is 5.74. The molecular formula is C10H18O2. The van der Waals surface area contributed by atoms with Crippen molar-refractivity contribution in [1.82, 2.24) is 0 Å². The molecule has 0 aromatic heterocycles. The van der Waals surface area contributed by atoms with E-state index in [4.69, 9.17) is 4.74 Å². The van der Waals surface area contributed by atoms with E-state index < -0.39 is 0 Å². The van der Waals surface area contributed by atoms with Crippen LogP contribution in [0.4, 0.5) is 0 Å². The monoisotopic (exact) mass is 170 g/mol. The van der Waals surface area contributed by atoms with E-state index in [9.17, 15) is 4.79 Å². The Kier molecular flexibility index (Phi) is 3.57. The first-order valence-electron chi connectivity index (χ1n) is 4.94. The first-order chi connectivity index (χ1) is 5.77. The average Bonchev–Trinajstić information content (AvgIpc) is 2.88. The van der Waals surface area contributed by atoms with Gasteiger partial charge in [-0.05, 0) is 18.8 Å². The van der Waals surface area contributed by atoms with Crippen LogP contribution in [-0.2, 0) is 9.53 Å². The van der Waals surface area contributed by atoms with Crippen LogP contribution < -0.4 is 0 Å². The maximum Gasteiger partial charge on any atom is 0.308 e. The van der Waals surface area contributed by atoms with Gasteiger partial charge in [-0.25, -0.2) is 0 Å². The Balaban J connectivity index is 2.09. The molecule has 12 heavy (non-hydrogen) atoms. The zero-order valence-corrected chi connectivity index (χ0v) is 8.01. The Morgan fingerprint density at radius 3 is 2.42 bits per heavy atom. The lowest BCUT2D eigenvalue weighted by Crippen LogP contribution is -2.14. The molecule has 1 saturated carbocycles. The van der Waals surface area contributed by atoms with Gasteiger partial charge in [-0.2, -0.15) is 0 Å². The lowest BCUT2D eigenvalue weighted by atomic mass is 10.1. The number of carbonyl (C=O) groups is 1. The van der Waals surface area contributed by atoms with Gasteiger partial charge >= 0.3 is 5.97 Å². The van der Waals surface area contributed by atoms with Gasteiger partial charge in [0.25, 0.3) is 0 Å². The zero-order chi connectivity index (χ0) is 8.97. The highest BCUT2D eigenvalue weighted by Gasteiger charge is 2.31. The van der Waals surface area contributed by atoms with E-state index in [0.717, 1.165) is 25.7 Å². The van der Waals surface area contributed by atoms with Crippen LogP contribution in [-0.4, -0.2) is 12.6 Å². The van der Waals surface area contributed by atoms with Crippen LogP contribution in [0, 0.1) is 11.8 Å². The lowest BCUT2D eigenvalue weighted by molar-refractivity contribution is -0.146. The number of esters is 1. The maximum atomic E-state index is 11.1. The SMILES string of the molecule is CCC(CC)COC(=O)C1CC1. The molecule has 1 rings (SSSR count). The summed E-state index contributed by atoms with van der Waals surface area (Å²) in [6.45, 7) is 4.90. The molecule has 1 fully saturated rings. The molecule has 0 saturated heterocycles. The van der Waals surface area contributed by atoms with Gasteiger partial charge in [0.2, 0.25) is 0 Å². The molecule has 1 aliphatic rings. The van der Waals surface area contributed by atoms with E-state index in [1.54, 1.807) is 0 Å². The van der Waals surface area contributed by atoms with Crippen LogP contribution in [0.5, 0.6) is 0 Å². The van der Waals surface area contributed by atoms with E-state index >= 15 is 0 Å². The van der Waals surface area contributed by atoms with Crippen molar-refractivity contribution in [2.75, 3.05) is 6.61 Å². The third-order valence-electron chi connectivity index (χ3n) is 2.53. The van der Waals surface area contributed by atoms with Gasteiger partial charge < -0.3 is 4.74 Å². The zero-order valence-electron chi connectivity index (χ0n) is 8.01. The number of rotatable bonds is 5. The summed E-state index contributed by atoms with van der Waals surface area (Å²) < 4.78 is 5.17. The van der Waals surface area contributed by atoms with Crippen LogP contribution in [0.2, 0.25) is 0 Å². The molecule has 1 aliphatic carbocycles. The summed E-state index contributed by atoms with van der Waals surface area (Å²) in [5.41, 5.74) is 0. The van der Waals surface area contributed by atoms with E-state index in [1.807, 2.05) is 0 Å². The molecule has 0 atom stereocenters. The van der Waals surface area contributed by atoms with E-state index in [2.05, 4.69) is 13.8 Å². The summed E-state index contributed by atoms with van der Waals surface area (Å²) >= 11 is 0. The summed E-state index contributed by atoms with van der Waals surface area (Å²) in [4.78, 5) is 11.1. The molecule has 70 valence electrons. The lowest BCUT2D eigenvalue weighted by Gasteiger charge is -2.11. The molecule has 0 unspecified atom stereocenters. The van der Waals surface area contributed by atoms with Crippen LogP contribution in [0.1, 0.15) is 39.5 Å². The fourth-order valence-corrected chi connectivity index (χ4v) is 1.16. The molecule has 0 heterocycles. The molecule has 0 aliphatic heterocycles. The molecule has 0 aromatic carbocycles. The Hall–Kier alpha value is -0.530. The van der Waals surface area contributed by atoms with Crippen LogP contribution in [0.25, 0.3) is 0 Å². The van der Waals surface area contributed by atoms with Crippen molar-refractivity contribution < 1.29 is 9.53 Å². The summed E-state index contributed by atoms with van der Waals surface area (Å²) in [6.07, 6.45) is 4.30. The molecule has 2 heteroatoms. The molecule has 0 bridgehead atoms. The van der Waals surface area contributed by atoms with Crippen molar-refractivity contribution in [1.29, 1.82) is 0 Å². The van der Waals surface area contributed by atoms with Crippen LogP contribution in [0.3, 0.4) is 0 Å². The Bertz CT molecular complexity index is 146. The van der Waals surface area contributed by atoms with Crippen molar-refractivity contribution in [3.63, 3.8) is 0 Å². The molecular weight excluding hydrogens is 152 g/mol. The predicted octanol–water partition coefficient (Wildman–Crippen LogP) is 2.38. The molecule has 0 N–H and O–H groups in total. The predicted molar refractivity (Wildman–Crippen MR) is 47.8 cm³/mol. The van der Waals surface area contributed by atoms with Gasteiger partial charge in [-0.15, -0.1) is 0 Å². The molecule has 0 aromatic rings. The minimum Gasteiger partial charge on any atom is -0.465 e. The molecule has 2 nitrogen and oxygen atoms in total. The van der Waals surface area contributed by atoms with Gasteiger partial charge in [0.15, 0.2) is 0 Å². The number of carbonyl (C=O) groups excluding carboxylic acids is 1. The Morgan fingerprint density at radius 1 is 1.42 bits per heavy atom. The van der Waals surface area contributed by atoms with Crippen molar-refractivity contribution in [2.24, 2.45) is 11.8 Å². The number of hydrogen-bond donors (Lipinski definition) is 0. The fraction of sp³-hybridized carbons (Fsp3) is 0.900. The summed E-state index contributed by atoms with van der Waals surface area (Å²) in [7, 11) is 0. The normalized spacial score (nSPS) is 16.6. The van der Waals surface area contributed by atoms with Crippen molar-refractivity contribution >= 4 is 5.97 Å². The van der Waals surface area contributed by atoms with Crippen molar-refractivity contribution in [3.05, 3.63) is 0 Å². The second-order valence-electron chi connectivity index (χ2n) is 3.59. The molecule has 0 radical (unpaired) electrons. The summed E-state index contributed by atoms with van der Waals surface area (Å²) in [5.74, 6) is 0.842. The van der Waals surface area contributed by atoms with Crippen molar-refractivity contribution in [2.45, 2.75) is 39.5 Å². The van der Waals surface area contributed by atoms with Gasteiger partial charge in [0.1, 0.15) is 0 Å². The second-order valence-corrected chi connectivity index (χ2v) is 3.59. The van der Waals surface area contributed by atoms with E-state index in [-0.39, 0.29) is 11.9 Å². The molecule has 0 spiro atoms. The minimum atomic E-state index is 0.0295. The fourth-order valence-electron chi connectivity index (χ4n) is 1.16. The van der Waals surface area contributed by atoms with Gasteiger partial charge in [0.05, 0.1) is 12.5 Å². The first kappa shape index (κ1) is 9.56. The standard InChI is InChI=1S/C10H18O2/c1-3-8(4-2)7-12-10(11)9-5-6-9/h8-9H,3-7H2,1-2H3. The van der Waals surface area contributed by atoms with Crippen molar-refractivity contribution in [3.8, 4) is 0 Å². The highest BCUT2D eigenvalue weighted by Crippen LogP contribution is 2.30. The topological polar surface area (TPSA) is 26.3 Å². The van der Waals surface area contributed by atoms with E-state index in [1.165, 1.54) is 0 Å². The average molecular weight is 170 g/mol. The maximum absolute atomic E-state index is 11.1. The Morgan fingerprint density at radius 2 is 2.00 bits per heavy atom. The minimum absolute atomic E-state index is 0.0295. The third kappa shape index (κ3) is 2.84. The summed E-state index contributed by atoms with van der Waals surface area (Å²) in [5, 5.41) is 0. The quantitative estimate of drug-likeness (QED) is 0.592. The third-order valence-corrected chi connectivity index (χ3v) is 2.53. The Labute approximate surface area is 74.3 Å². The smallest absolute Gasteiger partial charge is 0.308 e. The summed E-state index contributed by atoms with van der Waals surface area (Å²) in [6, 6.07) is 0. The van der Waals surface area contributed by atoms with Crippen LogP contribution >= 0.6 is 0 Å².